The van der Waals surface area contributed by atoms with Gasteiger partial charge in [-0.15, -0.1) is 0 Å². The lowest BCUT2D eigenvalue weighted by Gasteiger charge is -2.14. The highest BCUT2D eigenvalue weighted by molar-refractivity contribution is 5.99. The van der Waals surface area contributed by atoms with Gasteiger partial charge < -0.3 is 31.2 Å². The van der Waals surface area contributed by atoms with Crippen molar-refractivity contribution in [1.82, 2.24) is 0 Å². The number of rotatable bonds is 5. The van der Waals surface area contributed by atoms with E-state index in [1.165, 1.54) is 38.5 Å². The number of carboxylic acids is 2. The average Bonchev–Trinajstić information content (AvgIpc) is 2.54. The highest BCUT2D eigenvalue weighted by atomic mass is 16.5. The summed E-state index contributed by atoms with van der Waals surface area (Å²) in [5.74, 6) is -2.13. The SMILES string of the molecule is COc1cc(-c2cc(OC)c(N)c(C(=O)O)c2)cc(C(=O)O)c1N. The van der Waals surface area contributed by atoms with Gasteiger partial charge in [0.15, 0.2) is 0 Å². The van der Waals surface area contributed by atoms with Gasteiger partial charge in [0.2, 0.25) is 0 Å². The maximum Gasteiger partial charge on any atom is 0.337 e. The third-order valence-corrected chi connectivity index (χ3v) is 3.52. The number of carbonyl (C=O) groups is 2. The van der Waals surface area contributed by atoms with Gasteiger partial charge in [-0.3, -0.25) is 0 Å². The second-order valence-electron chi connectivity index (χ2n) is 4.89. The van der Waals surface area contributed by atoms with Gasteiger partial charge in [0.05, 0.1) is 36.7 Å². The zero-order valence-electron chi connectivity index (χ0n) is 13.0. The van der Waals surface area contributed by atoms with E-state index in [4.69, 9.17) is 20.9 Å². The quantitative estimate of drug-likeness (QED) is 0.608. The number of nitrogen functional groups attached to an aromatic ring is 2. The Balaban J connectivity index is 2.76. The van der Waals surface area contributed by atoms with Crippen LogP contribution in [0, 0.1) is 0 Å². The zero-order chi connectivity index (χ0) is 18.0. The summed E-state index contributed by atoms with van der Waals surface area (Å²) in [5.41, 5.74) is 12.0. The van der Waals surface area contributed by atoms with Crippen LogP contribution in [0.2, 0.25) is 0 Å². The number of nitrogens with two attached hydrogens (primary N) is 2. The minimum Gasteiger partial charge on any atom is -0.495 e. The molecule has 0 aromatic heterocycles. The third-order valence-electron chi connectivity index (χ3n) is 3.52. The lowest BCUT2D eigenvalue weighted by molar-refractivity contribution is 0.0686. The van der Waals surface area contributed by atoms with Crippen molar-refractivity contribution in [2.24, 2.45) is 0 Å². The van der Waals surface area contributed by atoms with E-state index in [2.05, 4.69) is 0 Å². The molecule has 6 N–H and O–H groups in total. The Bertz CT molecular complexity index is 762. The molecule has 0 aliphatic rings. The van der Waals surface area contributed by atoms with Crippen LogP contribution in [-0.2, 0) is 0 Å². The van der Waals surface area contributed by atoms with Crippen molar-refractivity contribution in [3.05, 3.63) is 35.4 Å². The topological polar surface area (TPSA) is 145 Å². The molecule has 24 heavy (non-hydrogen) atoms. The first-order valence-corrected chi connectivity index (χ1v) is 6.72. The van der Waals surface area contributed by atoms with Crippen molar-refractivity contribution in [3.63, 3.8) is 0 Å². The van der Waals surface area contributed by atoms with E-state index < -0.39 is 11.9 Å². The molecule has 0 saturated carbocycles. The molecule has 0 unspecified atom stereocenters. The molecule has 126 valence electrons. The summed E-state index contributed by atoms with van der Waals surface area (Å²) in [4.78, 5) is 22.7. The van der Waals surface area contributed by atoms with Gasteiger partial charge in [0.1, 0.15) is 11.5 Å². The van der Waals surface area contributed by atoms with E-state index in [0.29, 0.717) is 11.1 Å². The Morgan fingerprint density at radius 2 is 1.12 bits per heavy atom. The van der Waals surface area contributed by atoms with Crippen LogP contribution < -0.4 is 20.9 Å². The number of ether oxygens (including phenoxy) is 2. The Morgan fingerprint density at radius 3 is 1.38 bits per heavy atom. The first kappa shape index (κ1) is 16.9. The molecule has 0 aliphatic carbocycles. The van der Waals surface area contributed by atoms with E-state index in [1.54, 1.807) is 0 Å². The number of hydrogen-bond donors (Lipinski definition) is 4. The van der Waals surface area contributed by atoms with Gasteiger partial charge in [-0.25, -0.2) is 9.59 Å². The van der Waals surface area contributed by atoms with Crippen LogP contribution in [0.4, 0.5) is 11.4 Å². The molecule has 0 radical (unpaired) electrons. The molecule has 8 nitrogen and oxygen atoms in total. The van der Waals surface area contributed by atoms with Crippen LogP contribution in [-0.4, -0.2) is 36.4 Å². The first-order chi connectivity index (χ1) is 11.3. The summed E-state index contributed by atoms with van der Waals surface area (Å²) in [6, 6.07) is 5.68. The van der Waals surface area contributed by atoms with Crippen molar-refractivity contribution >= 4 is 23.3 Å². The molecule has 0 fully saturated rings. The maximum absolute atomic E-state index is 11.4. The predicted octanol–water partition coefficient (Wildman–Crippen LogP) is 1.93. The van der Waals surface area contributed by atoms with Crippen molar-refractivity contribution in [3.8, 4) is 22.6 Å². The van der Waals surface area contributed by atoms with Crippen molar-refractivity contribution in [2.75, 3.05) is 25.7 Å². The fraction of sp³-hybridized carbons (Fsp3) is 0.125. The molecule has 0 amide bonds. The van der Waals surface area contributed by atoms with Gasteiger partial charge in [0, 0.05) is 0 Å². The molecule has 0 aliphatic heterocycles. The molecule has 8 heteroatoms. The molecule has 2 rings (SSSR count). The average molecular weight is 332 g/mol. The van der Waals surface area contributed by atoms with Crippen LogP contribution in [0.3, 0.4) is 0 Å². The van der Waals surface area contributed by atoms with Crippen LogP contribution >= 0.6 is 0 Å². The Morgan fingerprint density at radius 1 is 0.792 bits per heavy atom. The van der Waals surface area contributed by atoms with Gasteiger partial charge in [-0.05, 0) is 35.4 Å². The number of anilines is 2. The van der Waals surface area contributed by atoms with Gasteiger partial charge in [0.25, 0.3) is 0 Å². The molecule has 0 atom stereocenters. The van der Waals surface area contributed by atoms with Crippen LogP contribution in [0.5, 0.6) is 11.5 Å². The minimum atomic E-state index is -1.23. The molecule has 2 aromatic rings. The number of methoxy groups -OCH3 is 2. The number of benzene rings is 2. The molecule has 0 saturated heterocycles. The summed E-state index contributed by atoms with van der Waals surface area (Å²) in [6.07, 6.45) is 0. The Kier molecular flexibility index (Phi) is 4.50. The lowest BCUT2D eigenvalue weighted by Crippen LogP contribution is -2.06. The molecule has 2 aromatic carbocycles. The maximum atomic E-state index is 11.4. The van der Waals surface area contributed by atoms with Crippen molar-refractivity contribution in [2.45, 2.75) is 0 Å². The largest absolute Gasteiger partial charge is 0.495 e. The van der Waals surface area contributed by atoms with Crippen molar-refractivity contribution in [1.29, 1.82) is 0 Å². The monoisotopic (exact) mass is 332 g/mol. The van der Waals surface area contributed by atoms with Crippen LogP contribution in [0.25, 0.3) is 11.1 Å². The van der Waals surface area contributed by atoms with Crippen molar-refractivity contribution < 1.29 is 29.3 Å². The number of aromatic carboxylic acids is 2. The lowest BCUT2D eigenvalue weighted by atomic mass is 9.98. The van der Waals surface area contributed by atoms with Crippen LogP contribution in [0.1, 0.15) is 20.7 Å². The van der Waals surface area contributed by atoms with Gasteiger partial charge >= 0.3 is 11.9 Å². The fourth-order valence-corrected chi connectivity index (χ4v) is 2.28. The second-order valence-corrected chi connectivity index (χ2v) is 4.89. The Labute approximate surface area is 137 Å². The highest BCUT2D eigenvalue weighted by Gasteiger charge is 2.19. The van der Waals surface area contributed by atoms with E-state index in [0.717, 1.165) is 0 Å². The summed E-state index contributed by atoms with van der Waals surface area (Å²) < 4.78 is 10.2. The summed E-state index contributed by atoms with van der Waals surface area (Å²) >= 11 is 0. The first-order valence-electron chi connectivity index (χ1n) is 6.72. The van der Waals surface area contributed by atoms with Gasteiger partial charge in [-0.1, -0.05) is 0 Å². The number of hydrogen-bond acceptors (Lipinski definition) is 6. The molecule has 0 spiro atoms. The Hall–Kier alpha value is -3.42. The standard InChI is InChI=1S/C16H16N2O6/c1-23-11-5-7(3-9(13(11)17)15(19)20)8-4-10(16(21)22)14(18)12(6-8)24-2/h3-6H,17-18H2,1-2H3,(H,19,20)(H,21,22). The molecular weight excluding hydrogens is 316 g/mol. The predicted molar refractivity (Wildman–Crippen MR) is 87.7 cm³/mol. The third kappa shape index (κ3) is 2.89. The zero-order valence-corrected chi connectivity index (χ0v) is 13.0. The smallest absolute Gasteiger partial charge is 0.337 e. The highest BCUT2D eigenvalue weighted by Crippen LogP contribution is 2.37. The van der Waals surface area contributed by atoms with E-state index in [1.807, 2.05) is 0 Å². The van der Waals surface area contributed by atoms with Crippen LogP contribution in [0.15, 0.2) is 24.3 Å². The molecule has 0 bridgehead atoms. The van der Waals surface area contributed by atoms with Gasteiger partial charge in [-0.2, -0.15) is 0 Å². The molecule has 0 heterocycles. The summed E-state index contributed by atoms with van der Waals surface area (Å²) in [5, 5.41) is 18.5. The minimum absolute atomic E-state index is 0.0189. The second kappa shape index (κ2) is 6.37. The fourth-order valence-electron chi connectivity index (χ4n) is 2.28. The van der Waals surface area contributed by atoms with E-state index in [-0.39, 0.29) is 34.0 Å². The van der Waals surface area contributed by atoms with E-state index >= 15 is 0 Å². The summed E-state index contributed by atoms with van der Waals surface area (Å²) in [7, 11) is 2.71. The molecular formula is C16H16N2O6. The van der Waals surface area contributed by atoms with E-state index in [9.17, 15) is 19.8 Å². The summed E-state index contributed by atoms with van der Waals surface area (Å²) in [6.45, 7) is 0. The normalized spacial score (nSPS) is 10.2. The number of carboxylic acid groups (broad SMARTS) is 2.